The molecule has 0 bridgehead atoms. The van der Waals surface area contributed by atoms with Gasteiger partial charge in [0.05, 0.1) is 16.3 Å². The van der Waals surface area contributed by atoms with Gasteiger partial charge in [0.1, 0.15) is 5.82 Å². The van der Waals surface area contributed by atoms with E-state index >= 15 is 0 Å². The Hall–Kier alpha value is -1.71. The third-order valence-electron chi connectivity index (χ3n) is 2.53. The Morgan fingerprint density at radius 1 is 1.45 bits per heavy atom. The predicted molar refractivity (Wildman–Crippen MR) is 76.0 cm³/mol. The molecule has 0 aromatic heterocycles. The van der Waals surface area contributed by atoms with Crippen LogP contribution >= 0.6 is 11.6 Å². The molecular formula is C12H14ClFN2O5S. The summed E-state index contributed by atoms with van der Waals surface area (Å²) in [5.41, 5.74) is 4.91. The second-order valence-corrected chi connectivity index (χ2v) is 6.43. The molecule has 22 heavy (non-hydrogen) atoms. The number of carbonyl (C=O) groups is 2. The van der Waals surface area contributed by atoms with E-state index in [1.807, 2.05) is 0 Å². The second-order valence-electron chi connectivity index (χ2n) is 4.26. The third-order valence-corrected chi connectivity index (χ3v) is 4.28. The van der Waals surface area contributed by atoms with Crippen molar-refractivity contribution < 1.29 is 27.1 Å². The second kappa shape index (κ2) is 7.52. The summed E-state index contributed by atoms with van der Waals surface area (Å²) >= 11 is 5.51. The highest BCUT2D eigenvalue weighted by molar-refractivity contribution is 7.89. The molecule has 0 heterocycles. The van der Waals surface area contributed by atoms with Gasteiger partial charge in [-0.2, -0.15) is 0 Å². The molecule has 0 saturated heterocycles. The molecular weight excluding hydrogens is 339 g/mol. The highest BCUT2D eigenvalue weighted by Gasteiger charge is 2.18. The van der Waals surface area contributed by atoms with E-state index in [4.69, 9.17) is 17.3 Å². The Morgan fingerprint density at radius 2 is 2.09 bits per heavy atom. The molecule has 0 spiro atoms. The van der Waals surface area contributed by atoms with Crippen molar-refractivity contribution in [3.8, 4) is 0 Å². The fraction of sp³-hybridized carbons (Fsp3) is 0.333. The molecule has 1 atom stereocenters. The molecule has 0 aliphatic rings. The van der Waals surface area contributed by atoms with Crippen LogP contribution in [0, 0.1) is 5.82 Å². The van der Waals surface area contributed by atoms with Crippen LogP contribution in [0.25, 0.3) is 0 Å². The third kappa shape index (κ3) is 5.24. The quantitative estimate of drug-likeness (QED) is 0.696. The number of hydrogen-bond donors (Lipinski definition) is 2. The van der Waals surface area contributed by atoms with Gasteiger partial charge in [-0.1, -0.05) is 11.6 Å². The molecule has 0 saturated carbocycles. The molecule has 1 aromatic carbocycles. The lowest BCUT2D eigenvalue weighted by atomic mass is 10.3. The number of amides is 1. The van der Waals surface area contributed by atoms with Crippen LogP contribution in [0.3, 0.4) is 0 Å². The van der Waals surface area contributed by atoms with E-state index in [1.54, 1.807) is 0 Å². The van der Waals surface area contributed by atoms with Crippen molar-refractivity contribution in [3.05, 3.63) is 29.0 Å². The number of esters is 1. The van der Waals surface area contributed by atoms with Crippen LogP contribution < -0.4 is 10.5 Å². The van der Waals surface area contributed by atoms with Crippen LogP contribution in [-0.2, 0) is 24.3 Å². The summed E-state index contributed by atoms with van der Waals surface area (Å²) in [6, 6.07) is 2.91. The number of primary amides is 1. The smallest absolute Gasteiger partial charge is 0.307 e. The number of nitrogens with two attached hydrogens (primary N) is 1. The fourth-order valence-corrected chi connectivity index (χ4v) is 2.63. The summed E-state index contributed by atoms with van der Waals surface area (Å²) in [5, 5.41) is -0.336. The molecule has 0 unspecified atom stereocenters. The Labute approximate surface area is 131 Å². The number of ether oxygens (including phenoxy) is 1. The number of hydrogen-bond acceptors (Lipinski definition) is 5. The van der Waals surface area contributed by atoms with Gasteiger partial charge < -0.3 is 10.5 Å². The van der Waals surface area contributed by atoms with E-state index in [9.17, 15) is 22.4 Å². The summed E-state index contributed by atoms with van der Waals surface area (Å²) in [6.45, 7) is 1.03. The number of benzene rings is 1. The Morgan fingerprint density at radius 3 is 2.64 bits per heavy atom. The molecule has 0 fully saturated rings. The van der Waals surface area contributed by atoms with Crippen LogP contribution in [0.4, 0.5) is 4.39 Å². The zero-order valence-corrected chi connectivity index (χ0v) is 13.1. The SMILES string of the molecule is C[C@H](OC(=O)CCNS(=O)(=O)c1ccc(F)c(Cl)c1)C(N)=O. The van der Waals surface area contributed by atoms with Crippen molar-refractivity contribution in [2.24, 2.45) is 5.73 Å². The van der Waals surface area contributed by atoms with Crippen molar-refractivity contribution in [1.82, 2.24) is 4.72 Å². The Bertz CT molecular complexity index is 680. The van der Waals surface area contributed by atoms with Crippen molar-refractivity contribution in [3.63, 3.8) is 0 Å². The van der Waals surface area contributed by atoms with Gasteiger partial charge >= 0.3 is 5.97 Å². The lowest BCUT2D eigenvalue weighted by Crippen LogP contribution is -2.32. The maximum atomic E-state index is 13.0. The van der Waals surface area contributed by atoms with Crippen molar-refractivity contribution in [1.29, 1.82) is 0 Å². The van der Waals surface area contributed by atoms with Crippen molar-refractivity contribution >= 4 is 33.5 Å². The Kier molecular flexibility index (Phi) is 6.27. The standard InChI is InChI=1S/C12H14ClFN2O5S/c1-7(12(15)18)21-11(17)4-5-16-22(19,20)8-2-3-10(14)9(13)6-8/h2-3,6-7,16H,4-5H2,1H3,(H2,15,18)/t7-/m0/s1. The van der Waals surface area contributed by atoms with Crippen molar-refractivity contribution in [2.75, 3.05) is 6.54 Å². The summed E-state index contributed by atoms with van der Waals surface area (Å²) in [5.74, 6) is -2.34. The maximum Gasteiger partial charge on any atom is 0.307 e. The Balaban J connectivity index is 2.58. The molecule has 10 heteroatoms. The first-order valence-corrected chi connectivity index (χ1v) is 7.93. The molecule has 122 valence electrons. The van der Waals surface area contributed by atoms with E-state index in [0.717, 1.165) is 18.2 Å². The first-order valence-electron chi connectivity index (χ1n) is 6.07. The zero-order chi connectivity index (χ0) is 16.9. The minimum absolute atomic E-state index is 0.238. The van der Waals surface area contributed by atoms with Crippen LogP contribution in [0.5, 0.6) is 0 Å². The van der Waals surface area contributed by atoms with E-state index < -0.39 is 33.8 Å². The van der Waals surface area contributed by atoms with E-state index in [1.165, 1.54) is 6.92 Å². The highest BCUT2D eigenvalue weighted by atomic mass is 35.5. The van der Waals surface area contributed by atoms with Crippen LogP contribution in [0.1, 0.15) is 13.3 Å². The van der Waals surface area contributed by atoms with Gasteiger partial charge in [0.25, 0.3) is 5.91 Å². The number of rotatable bonds is 7. The molecule has 1 amide bonds. The summed E-state index contributed by atoms with van der Waals surface area (Å²) < 4.78 is 43.5. The first kappa shape index (κ1) is 18.3. The van der Waals surface area contributed by atoms with Gasteiger partial charge in [-0.3, -0.25) is 9.59 Å². The van der Waals surface area contributed by atoms with Gasteiger partial charge in [0.15, 0.2) is 6.10 Å². The molecule has 3 N–H and O–H groups in total. The molecule has 1 aromatic rings. The largest absolute Gasteiger partial charge is 0.453 e. The van der Waals surface area contributed by atoms with Gasteiger partial charge in [0.2, 0.25) is 10.0 Å². The van der Waals surface area contributed by atoms with Gasteiger partial charge in [-0.05, 0) is 25.1 Å². The van der Waals surface area contributed by atoms with Crippen LogP contribution in [-0.4, -0.2) is 32.9 Å². The average molecular weight is 353 g/mol. The number of sulfonamides is 1. The average Bonchev–Trinajstić information content (AvgIpc) is 2.41. The van der Waals surface area contributed by atoms with Crippen molar-refractivity contribution in [2.45, 2.75) is 24.3 Å². The molecule has 1 rings (SSSR count). The molecule has 0 aliphatic carbocycles. The normalized spacial score (nSPS) is 12.7. The maximum absolute atomic E-state index is 13.0. The lowest BCUT2D eigenvalue weighted by molar-refractivity contribution is -0.153. The van der Waals surface area contributed by atoms with Gasteiger partial charge in [-0.15, -0.1) is 0 Å². The number of halogens is 2. The summed E-state index contributed by atoms with van der Waals surface area (Å²) in [6.07, 6.45) is -1.40. The minimum atomic E-state index is -3.94. The van der Waals surface area contributed by atoms with Gasteiger partial charge in [-0.25, -0.2) is 17.5 Å². The summed E-state index contributed by atoms with van der Waals surface area (Å²) in [7, 11) is -3.94. The topological polar surface area (TPSA) is 116 Å². The predicted octanol–water partition coefficient (Wildman–Crippen LogP) is 0.565. The molecule has 7 nitrogen and oxygen atoms in total. The highest BCUT2D eigenvalue weighted by Crippen LogP contribution is 2.19. The lowest BCUT2D eigenvalue weighted by Gasteiger charge is -2.10. The van der Waals surface area contributed by atoms with E-state index in [0.29, 0.717) is 0 Å². The molecule has 0 aliphatic heterocycles. The van der Waals surface area contributed by atoms with Crippen LogP contribution in [0.2, 0.25) is 5.02 Å². The fourth-order valence-electron chi connectivity index (χ4n) is 1.33. The van der Waals surface area contributed by atoms with Gasteiger partial charge in [0, 0.05) is 6.54 Å². The monoisotopic (exact) mass is 352 g/mol. The minimum Gasteiger partial charge on any atom is -0.453 e. The zero-order valence-electron chi connectivity index (χ0n) is 11.5. The molecule has 0 radical (unpaired) electrons. The summed E-state index contributed by atoms with van der Waals surface area (Å²) in [4.78, 5) is 21.8. The number of nitrogens with one attached hydrogen (secondary N) is 1. The first-order chi connectivity index (χ1) is 10.1. The number of carbonyl (C=O) groups excluding carboxylic acids is 2. The van der Waals surface area contributed by atoms with E-state index in [-0.39, 0.29) is 22.9 Å². The van der Waals surface area contributed by atoms with Crippen LogP contribution in [0.15, 0.2) is 23.1 Å². The van der Waals surface area contributed by atoms with E-state index in [2.05, 4.69) is 9.46 Å².